The average Bonchev–Trinajstić information content (AvgIpc) is 2.50. The van der Waals surface area contributed by atoms with Crippen molar-refractivity contribution in [1.29, 1.82) is 5.26 Å². The van der Waals surface area contributed by atoms with Crippen LogP contribution in [-0.4, -0.2) is 41.5 Å². The Bertz CT molecular complexity index is 622. The van der Waals surface area contributed by atoms with E-state index in [1.54, 1.807) is 6.07 Å². The first kappa shape index (κ1) is 14.3. The number of benzene rings is 1. The van der Waals surface area contributed by atoms with E-state index in [9.17, 15) is 5.11 Å². The van der Waals surface area contributed by atoms with Gasteiger partial charge in [0.2, 0.25) is 0 Å². The molecule has 2 rings (SSSR count). The number of hydrogen-bond acceptors (Lipinski definition) is 5. The van der Waals surface area contributed by atoms with Crippen LogP contribution in [0.4, 0.5) is 5.69 Å². The molecule has 0 atom stereocenters. The highest BCUT2D eigenvalue weighted by Gasteiger charge is 2.12. The van der Waals surface area contributed by atoms with Crippen LogP contribution < -0.4 is 4.90 Å². The highest BCUT2D eigenvalue weighted by atomic mass is 16.3. The van der Waals surface area contributed by atoms with Crippen molar-refractivity contribution in [3.05, 3.63) is 36.0 Å². The summed E-state index contributed by atoms with van der Waals surface area (Å²) < 4.78 is 0. The largest absolute Gasteiger partial charge is 0.396 e. The quantitative estimate of drug-likeness (QED) is 0.827. The number of nitriles is 1. The molecular weight excluding hydrogens is 254 g/mol. The number of pyridine rings is 1. The highest BCUT2D eigenvalue weighted by Crippen LogP contribution is 2.26. The lowest BCUT2D eigenvalue weighted by Gasteiger charge is -2.25. The first-order valence-electron chi connectivity index (χ1n) is 6.56. The zero-order chi connectivity index (χ0) is 14.4. The molecular formula is C15H17N3O2. The van der Waals surface area contributed by atoms with Crippen LogP contribution >= 0.6 is 0 Å². The molecule has 2 aromatic rings. The van der Waals surface area contributed by atoms with Crippen molar-refractivity contribution in [3.63, 3.8) is 0 Å². The van der Waals surface area contributed by atoms with Gasteiger partial charge in [0.25, 0.3) is 0 Å². The summed E-state index contributed by atoms with van der Waals surface area (Å²) in [7, 11) is 0. The third-order valence-corrected chi connectivity index (χ3v) is 3.11. The second-order valence-electron chi connectivity index (χ2n) is 4.44. The van der Waals surface area contributed by atoms with Crippen molar-refractivity contribution in [2.75, 3.05) is 31.2 Å². The molecule has 0 bridgehead atoms. The molecule has 20 heavy (non-hydrogen) atoms. The predicted molar refractivity (Wildman–Crippen MR) is 77.5 cm³/mol. The molecule has 0 unspecified atom stereocenters. The molecule has 0 aliphatic heterocycles. The van der Waals surface area contributed by atoms with Gasteiger partial charge in [-0.3, -0.25) is 0 Å². The summed E-state index contributed by atoms with van der Waals surface area (Å²) >= 11 is 0. The van der Waals surface area contributed by atoms with E-state index in [4.69, 9.17) is 10.4 Å². The molecule has 2 N–H and O–H groups in total. The van der Waals surface area contributed by atoms with E-state index in [-0.39, 0.29) is 13.2 Å². The lowest BCUT2D eigenvalue weighted by Crippen LogP contribution is -2.28. The van der Waals surface area contributed by atoms with Crippen molar-refractivity contribution in [1.82, 2.24) is 4.98 Å². The first-order chi connectivity index (χ1) is 9.80. The van der Waals surface area contributed by atoms with Crippen LogP contribution in [-0.2, 0) is 0 Å². The molecule has 0 amide bonds. The number of fused-ring (bicyclic) bond motifs is 1. The molecule has 0 saturated heterocycles. The van der Waals surface area contributed by atoms with Gasteiger partial charge in [0.1, 0.15) is 11.8 Å². The second-order valence-corrected chi connectivity index (χ2v) is 4.44. The van der Waals surface area contributed by atoms with Gasteiger partial charge in [0, 0.05) is 30.8 Å². The summed E-state index contributed by atoms with van der Waals surface area (Å²) in [6.07, 6.45) is 0.610. The van der Waals surface area contributed by atoms with Crippen LogP contribution in [0.1, 0.15) is 12.1 Å². The Morgan fingerprint density at radius 2 is 1.95 bits per heavy atom. The van der Waals surface area contributed by atoms with Gasteiger partial charge in [-0.05, 0) is 18.6 Å². The fourth-order valence-corrected chi connectivity index (χ4v) is 2.21. The Morgan fingerprint density at radius 1 is 1.15 bits per heavy atom. The Kier molecular flexibility index (Phi) is 4.88. The van der Waals surface area contributed by atoms with Gasteiger partial charge in [-0.25, -0.2) is 4.98 Å². The molecule has 104 valence electrons. The van der Waals surface area contributed by atoms with Crippen molar-refractivity contribution in [3.8, 4) is 6.07 Å². The van der Waals surface area contributed by atoms with Gasteiger partial charge in [-0.1, -0.05) is 18.2 Å². The van der Waals surface area contributed by atoms with Crippen LogP contribution in [0, 0.1) is 11.3 Å². The van der Waals surface area contributed by atoms with Crippen molar-refractivity contribution in [2.45, 2.75) is 6.42 Å². The number of anilines is 1. The van der Waals surface area contributed by atoms with Crippen molar-refractivity contribution in [2.24, 2.45) is 0 Å². The molecule has 0 aliphatic rings. The van der Waals surface area contributed by atoms with Gasteiger partial charge in [0.15, 0.2) is 0 Å². The molecule has 0 spiro atoms. The molecule has 0 aliphatic carbocycles. The van der Waals surface area contributed by atoms with Gasteiger partial charge in [0.05, 0.1) is 12.1 Å². The summed E-state index contributed by atoms with van der Waals surface area (Å²) in [5.74, 6) is 0. The van der Waals surface area contributed by atoms with E-state index in [1.165, 1.54) is 0 Å². The van der Waals surface area contributed by atoms with E-state index in [1.807, 2.05) is 29.2 Å². The standard InChI is InChI=1S/C15H17N3O2/c16-11-12-10-15(18(7-9-20)6-3-8-19)13-4-1-2-5-14(13)17-12/h1-2,4-5,10,19-20H,3,6-9H2. The third-order valence-electron chi connectivity index (χ3n) is 3.11. The maximum Gasteiger partial charge on any atom is 0.143 e. The molecule has 0 saturated carbocycles. The van der Waals surface area contributed by atoms with Crippen LogP contribution in [0.25, 0.3) is 10.9 Å². The predicted octanol–water partition coefficient (Wildman–Crippen LogP) is 1.29. The smallest absolute Gasteiger partial charge is 0.143 e. The topological polar surface area (TPSA) is 80.4 Å². The maximum absolute atomic E-state index is 9.21. The number of nitrogens with zero attached hydrogens (tertiary/aromatic N) is 3. The maximum atomic E-state index is 9.21. The molecule has 5 heteroatoms. The monoisotopic (exact) mass is 271 g/mol. The van der Waals surface area contributed by atoms with Crippen LogP contribution in [0.5, 0.6) is 0 Å². The van der Waals surface area contributed by atoms with E-state index < -0.39 is 0 Å². The number of aromatic nitrogens is 1. The fraction of sp³-hybridized carbons (Fsp3) is 0.333. The Labute approximate surface area is 117 Å². The van der Waals surface area contributed by atoms with Gasteiger partial charge in [-0.2, -0.15) is 5.26 Å². The number of hydrogen-bond donors (Lipinski definition) is 2. The zero-order valence-corrected chi connectivity index (χ0v) is 11.2. The normalized spacial score (nSPS) is 10.4. The minimum Gasteiger partial charge on any atom is -0.396 e. The summed E-state index contributed by atoms with van der Waals surface area (Å²) in [6.45, 7) is 1.19. The molecule has 1 aromatic carbocycles. The lowest BCUT2D eigenvalue weighted by molar-refractivity contribution is 0.281. The zero-order valence-electron chi connectivity index (χ0n) is 11.2. The van der Waals surface area contributed by atoms with Crippen LogP contribution in [0.2, 0.25) is 0 Å². The molecule has 0 radical (unpaired) electrons. The van der Waals surface area contributed by atoms with E-state index >= 15 is 0 Å². The summed E-state index contributed by atoms with van der Waals surface area (Å²) in [4.78, 5) is 6.25. The van der Waals surface area contributed by atoms with Crippen molar-refractivity contribution < 1.29 is 10.2 Å². The molecule has 1 aromatic heterocycles. The van der Waals surface area contributed by atoms with Crippen molar-refractivity contribution >= 4 is 16.6 Å². The first-order valence-corrected chi connectivity index (χ1v) is 6.56. The highest BCUT2D eigenvalue weighted by molar-refractivity contribution is 5.92. The Morgan fingerprint density at radius 3 is 2.65 bits per heavy atom. The van der Waals surface area contributed by atoms with Crippen LogP contribution in [0.15, 0.2) is 30.3 Å². The Hall–Kier alpha value is -2.16. The van der Waals surface area contributed by atoms with Crippen LogP contribution in [0.3, 0.4) is 0 Å². The lowest BCUT2D eigenvalue weighted by atomic mass is 10.1. The van der Waals surface area contributed by atoms with E-state index in [0.29, 0.717) is 25.2 Å². The SMILES string of the molecule is N#Cc1cc(N(CCO)CCCO)c2ccccc2n1. The number of para-hydroxylation sites is 1. The fourth-order valence-electron chi connectivity index (χ4n) is 2.21. The average molecular weight is 271 g/mol. The summed E-state index contributed by atoms with van der Waals surface area (Å²) in [5.41, 5.74) is 1.98. The molecule has 5 nitrogen and oxygen atoms in total. The minimum absolute atomic E-state index is 0.0178. The Balaban J connectivity index is 2.51. The van der Waals surface area contributed by atoms with Gasteiger partial charge in [-0.15, -0.1) is 0 Å². The minimum atomic E-state index is 0.0178. The summed E-state index contributed by atoms with van der Waals surface area (Å²) in [6, 6.07) is 11.4. The molecule has 0 fully saturated rings. The molecule has 1 heterocycles. The number of rotatable bonds is 6. The van der Waals surface area contributed by atoms with Gasteiger partial charge < -0.3 is 15.1 Å². The third kappa shape index (κ3) is 3.05. The number of aliphatic hydroxyl groups excluding tert-OH is 2. The summed E-state index contributed by atoms with van der Waals surface area (Å²) in [5, 5.41) is 28.2. The van der Waals surface area contributed by atoms with E-state index in [2.05, 4.69) is 11.1 Å². The number of aliphatic hydroxyl groups is 2. The van der Waals surface area contributed by atoms with Gasteiger partial charge >= 0.3 is 0 Å². The second kappa shape index (κ2) is 6.85. The van der Waals surface area contributed by atoms with E-state index in [0.717, 1.165) is 16.6 Å².